The maximum absolute atomic E-state index is 2.40. The Bertz CT molecular complexity index is 240. The summed E-state index contributed by atoms with van der Waals surface area (Å²) in [6, 6.07) is 0. The number of unbranched alkanes of at least 4 members (excludes halogenated alkanes) is 13. The van der Waals surface area contributed by atoms with Crippen LogP contribution < -0.4 is 0 Å². The zero-order valence-electron chi connectivity index (χ0n) is 17.5. The van der Waals surface area contributed by atoms with Gasteiger partial charge in [-0.3, -0.25) is 0 Å². The van der Waals surface area contributed by atoms with E-state index in [-0.39, 0.29) is 0 Å². The van der Waals surface area contributed by atoms with Crippen molar-refractivity contribution in [3.63, 3.8) is 0 Å². The molecule has 1 atom stereocenters. The van der Waals surface area contributed by atoms with Crippen LogP contribution in [0, 0.1) is 5.92 Å². The van der Waals surface area contributed by atoms with Crippen molar-refractivity contribution in [2.45, 2.75) is 136 Å². The Morgan fingerprint density at radius 3 is 1.50 bits per heavy atom. The molecule has 144 valence electrons. The second-order valence-electron chi connectivity index (χ2n) is 7.81. The molecular formula is C24H48. The molecule has 0 aliphatic rings. The van der Waals surface area contributed by atoms with Gasteiger partial charge in [0.2, 0.25) is 0 Å². The number of hydrogen-bond acceptors (Lipinski definition) is 0. The quantitative estimate of drug-likeness (QED) is 0.163. The van der Waals surface area contributed by atoms with Gasteiger partial charge in [-0.05, 0) is 25.7 Å². The van der Waals surface area contributed by atoms with Crippen LogP contribution in [0.5, 0.6) is 0 Å². The first-order valence-corrected chi connectivity index (χ1v) is 11.5. The minimum absolute atomic E-state index is 1.01. The number of hydrogen-bond donors (Lipinski definition) is 0. The normalized spacial score (nSPS) is 13.0. The average molecular weight is 337 g/mol. The van der Waals surface area contributed by atoms with E-state index in [4.69, 9.17) is 0 Å². The first-order chi connectivity index (χ1) is 11.8. The van der Waals surface area contributed by atoms with Crippen LogP contribution in [0.3, 0.4) is 0 Å². The monoisotopic (exact) mass is 336 g/mol. The van der Waals surface area contributed by atoms with Gasteiger partial charge >= 0.3 is 0 Å². The summed E-state index contributed by atoms with van der Waals surface area (Å²) in [5.74, 6) is 1.01. The third-order valence-corrected chi connectivity index (χ3v) is 5.51. The van der Waals surface area contributed by atoms with Crippen molar-refractivity contribution in [3.05, 3.63) is 12.2 Å². The summed E-state index contributed by atoms with van der Waals surface area (Å²) in [6.07, 6.45) is 30.5. The standard InChI is InChI=1S/C24H48/c1-4-7-9-11-13-14-15-17-19-21-23-24(6-3)22-20-18-16-12-10-8-5-2/h5,8,24H,4,6-7,9-23H2,1-3H3/b8-5+. The summed E-state index contributed by atoms with van der Waals surface area (Å²) in [6.45, 7) is 6.82. The van der Waals surface area contributed by atoms with E-state index in [1.54, 1.807) is 0 Å². The molecule has 0 bridgehead atoms. The molecule has 0 heteroatoms. The van der Waals surface area contributed by atoms with E-state index < -0.39 is 0 Å². The van der Waals surface area contributed by atoms with Crippen molar-refractivity contribution in [2.75, 3.05) is 0 Å². The first kappa shape index (κ1) is 23.7. The van der Waals surface area contributed by atoms with Crippen molar-refractivity contribution in [1.82, 2.24) is 0 Å². The largest absolute Gasteiger partial charge is 0.0917 e. The zero-order chi connectivity index (χ0) is 17.7. The van der Waals surface area contributed by atoms with Crippen molar-refractivity contribution in [3.8, 4) is 0 Å². The van der Waals surface area contributed by atoms with Gasteiger partial charge in [0.1, 0.15) is 0 Å². The summed E-state index contributed by atoms with van der Waals surface area (Å²) in [5, 5.41) is 0. The third-order valence-electron chi connectivity index (χ3n) is 5.51. The average Bonchev–Trinajstić information content (AvgIpc) is 2.60. The van der Waals surface area contributed by atoms with E-state index in [1.165, 1.54) is 116 Å². The molecule has 0 aliphatic carbocycles. The van der Waals surface area contributed by atoms with E-state index >= 15 is 0 Å². The Balaban J connectivity index is 3.30. The summed E-state index contributed by atoms with van der Waals surface area (Å²) < 4.78 is 0. The molecular weight excluding hydrogens is 288 g/mol. The highest BCUT2D eigenvalue weighted by Gasteiger charge is 2.05. The van der Waals surface area contributed by atoms with Gasteiger partial charge in [0.25, 0.3) is 0 Å². The van der Waals surface area contributed by atoms with Gasteiger partial charge in [-0.1, -0.05) is 129 Å². The highest BCUT2D eigenvalue weighted by molar-refractivity contribution is 4.76. The fraction of sp³-hybridized carbons (Fsp3) is 0.917. The third kappa shape index (κ3) is 18.1. The van der Waals surface area contributed by atoms with E-state index in [2.05, 4.69) is 32.9 Å². The van der Waals surface area contributed by atoms with E-state index in [9.17, 15) is 0 Å². The second-order valence-corrected chi connectivity index (χ2v) is 7.81. The Hall–Kier alpha value is -0.260. The summed E-state index contributed by atoms with van der Waals surface area (Å²) in [4.78, 5) is 0. The van der Waals surface area contributed by atoms with E-state index in [0.717, 1.165) is 5.92 Å². The SMILES string of the molecule is C/C=C/CCCCCCC(CC)CCCCCCCCCCCC. The molecule has 0 aromatic heterocycles. The van der Waals surface area contributed by atoms with Crippen molar-refractivity contribution in [2.24, 2.45) is 5.92 Å². The lowest BCUT2D eigenvalue weighted by atomic mass is 9.92. The molecule has 0 rings (SSSR count). The minimum atomic E-state index is 1.01. The van der Waals surface area contributed by atoms with Crippen LogP contribution in [0.15, 0.2) is 12.2 Å². The Kier molecular flexibility index (Phi) is 20.6. The highest BCUT2D eigenvalue weighted by atomic mass is 14.1. The molecule has 0 heterocycles. The van der Waals surface area contributed by atoms with Crippen molar-refractivity contribution >= 4 is 0 Å². The van der Waals surface area contributed by atoms with Crippen molar-refractivity contribution < 1.29 is 0 Å². The first-order valence-electron chi connectivity index (χ1n) is 11.5. The summed E-state index contributed by atoms with van der Waals surface area (Å²) in [7, 11) is 0. The second kappa shape index (κ2) is 20.8. The molecule has 1 unspecified atom stereocenters. The molecule has 0 amide bonds. The molecule has 0 fully saturated rings. The molecule has 0 aromatic rings. The van der Waals surface area contributed by atoms with Crippen LogP contribution in [0.4, 0.5) is 0 Å². The maximum Gasteiger partial charge on any atom is -0.0351 e. The molecule has 0 spiro atoms. The van der Waals surface area contributed by atoms with Crippen LogP contribution >= 0.6 is 0 Å². The summed E-state index contributed by atoms with van der Waals surface area (Å²) in [5.41, 5.74) is 0. The molecule has 0 N–H and O–H groups in total. The molecule has 24 heavy (non-hydrogen) atoms. The van der Waals surface area contributed by atoms with Gasteiger partial charge < -0.3 is 0 Å². The maximum atomic E-state index is 2.40. The van der Waals surface area contributed by atoms with Crippen LogP contribution in [-0.4, -0.2) is 0 Å². The lowest BCUT2D eigenvalue weighted by Crippen LogP contribution is -1.99. The Morgan fingerprint density at radius 1 is 0.583 bits per heavy atom. The number of rotatable bonds is 19. The zero-order valence-corrected chi connectivity index (χ0v) is 17.5. The van der Waals surface area contributed by atoms with Crippen LogP contribution in [0.2, 0.25) is 0 Å². The smallest absolute Gasteiger partial charge is 0.0351 e. The van der Waals surface area contributed by atoms with Crippen LogP contribution in [-0.2, 0) is 0 Å². The topological polar surface area (TPSA) is 0 Å². The van der Waals surface area contributed by atoms with Crippen LogP contribution in [0.25, 0.3) is 0 Å². The molecule has 0 aromatic carbocycles. The predicted molar refractivity (Wildman–Crippen MR) is 113 cm³/mol. The lowest BCUT2D eigenvalue weighted by molar-refractivity contribution is 0.393. The number of allylic oxidation sites excluding steroid dienone is 2. The molecule has 0 aliphatic heterocycles. The molecule has 0 radical (unpaired) electrons. The lowest BCUT2D eigenvalue weighted by Gasteiger charge is -2.14. The Labute approximate surface area is 154 Å². The Morgan fingerprint density at radius 2 is 1.04 bits per heavy atom. The van der Waals surface area contributed by atoms with Gasteiger partial charge in [-0.25, -0.2) is 0 Å². The molecule has 0 saturated carbocycles. The predicted octanol–water partition coefficient (Wildman–Crippen LogP) is 9.24. The molecule has 0 saturated heterocycles. The summed E-state index contributed by atoms with van der Waals surface area (Å²) >= 11 is 0. The van der Waals surface area contributed by atoms with Crippen molar-refractivity contribution in [1.29, 1.82) is 0 Å². The highest BCUT2D eigenvalue weighted by Crippen LogP contribution is 2.21. The van der Waals surface area contributed by atoms with Gasteiger partial charge in [0.15, 0.2) is 0 Å². The minimum Gasteiger partial charge on any atom is -0.0917 e. The van der Waals surface area contributed by atoms with Crippen LogP contribution in [0.1, 0.15) is 136 Å². The van der Waals surface area contributed by atoms with Gasteiger partial charge in [0, 0.05) is 0 Å². The van der Waals surface area contributed by atoms with Gasteiger partial charge in [0.05, 0.1) is 0 Å². The van der Waals surface area contributed by atoms with Gasteiger partial charge in [-0.15, -0.1) is 0 Å². The van der Waals surface area contributed by atoms with E-state index in [0.29, 0.717) is 0 Å². The van der Waals surface area contributed by atoms with E-state index in [1.807, 2.05) is 0 Å². The van der Waals surface area contributed by atoms with Gasteiger partial charge in [-0.2, -0.15) is 0 Å². The fourth-order valence-electron chi connectivity index (χ4n) is 3.69. The molecule has 0 nitrogen and oxygen atoms in total. The fourth-order valence-corrected chi connectivity index (χ4v) is 3.69.